The Balaban J connectivity index is 1.57. The summed E-state index contributed by atoms with van der Waals surface area (Å²) in [5.41, 5.74) is 2.37. The van der Waals surface area contributed by atoms with Crippen LogP contribution in [0.25, 0.3) is 49.1 Å². The van der Waals surface area contributed by atoms with Gasteiger partial charge in [-0.2, -0.15) is 0 Å². The Morgan fingerprint density at radius 3 is 1.25 bits per heavy atom. The SMILES string of the molecule is Oc1ccc(-c2sc3c(sc4c5sc(-c6ccc(O)cc6I)c(I)c5sc34)c2I)c(I)c1. The summed E-state index contributed by atoms with van der Waals surface area (Å²) in [5.74, 6) is 0.613. The third-order valence-electron chi connectivity index (χ3n) is 5.04. The van der Waals surface area contributed by atoms with Gasteiger partial charge in [0.15, 0.2) is 0 Å². The molecule has 32 heavy (non-hydrogen) atoms. The fourth-order valence-corrected chi connectivity index (χ4v) is 14.0. The van der Waals surface area contributed by atoms with E-state index in [1.807, 2.05) is 69.6 Å². The summed E-state index contributed by atoms with van der Waals surface area (Å²) in [4.78, 5) is 2.56. The van der Waals surface area contributed by atoms with Crippen molar-refractivity contribution in [2.75, 3.05) is 0 Å². The lowest BCUT2D eigenvalue weighted by molar-refractivity contribution is 0.474. The predicted molar refractivity (Wildman–Crippen MR) is 176 cm³/mol. The van der Waals surface area contributed by atoms with Gasteiger partial charge in [-0.05, 0) is 127 Å². The molecule has 0 saturated carbocycles. The summed E-state index contributed by atoms with van der Waals surface area (Å²) in [7, 11) is 0. The molecule has 2 nitrogen and oxygen atoms in total. The molecule has 0 aliphatic rings. The molecule has 4 aromatic heterocycles. The van der Waals surface area contributed by atoms with Gasteiger partial charge in [-0.3, -0.25) is 0 Å². The molecule has 0 atom stereocenters. The van der Waals surface area contributed by atoms with E-state index in [9.17, 15) is 10.2 Å². The highest BCUT2D eigenvalue weighted by molar-refractivity contribution is 14.1. The van der Waals surface area contributed by atoms with E-state index in [-0.39, 0.29) is 0 Å². The van der Waals surface area contributed by atoms with E-state index in [1.54, 1.807) is 12.1 Å². The molecule has 0 radical (unpaired) electrons. The first-order chi connectivity index (χ1) is 15.3. The van der Waals surface area contributed by atoms with Crippen LogP contribution in [0.1, 0.15) is 0 Å². The third kappa shape index (κ3) is 3.56. The van der Waals surface area contributed by atoms with Gasteiger partial charge in [0.25, 0.3) is 0 Å². The Labute approximate surface area is 253 Å². The van der Waals surface area contributed by atoms with Gasteiger partial charge in [0, 0.05) is 25.4 Å². The van der Waals surface area contributed by atoms with Gasteiger partial charge in [0.05, 0.1) is 38.0 Å². The number of hydrogen-bond donors (Lipinski definition) is 2. The molecule has 6 aromatic rings. The molecule has 0 aliphatic carbocycles. The second kappa shape index (κ2) is 8.58. The second-order valence-corrected chi connectivity index (χ2v) is 15.6. The summed E-state index contributed by atoms with van der Waals surface area (Å²) in [6.45, 7) is 0. The van der Waals surface area contributed by atoms with Gasteiger partial charge in [-0.25, -0.2) is 0 Å². The molecule has 0 spiro atoms. The Morgan fingerprint density at radius 1 is 0.500 bits per heavy atom. The zero-order valence-electron chi connectivity index (χ0n) is 15.5. The molecule has 10 heteroatoms. The maximum absolute atomic E-state index is 9.80. The van der Waals surface area contributed by atoms with Crippen molar-refractivity contribution in [1.82, 2.24) is 0 Å². The number of phenolic OH excluding ortho intramolecular Hbond substituents is 2. The van der Waals surface area contributed by atoms with Crippen LogP contribution in [0.2, 0.25) is 0 Å². The normalized spacial score (nSPS) is 12.0. The van der Waals surface area contributed by atoms with Crippen molar-refractivity contribution in [3.05, 3.63) is 50.7 Å². The quantitative estimate of drug-likeness (QED) is 0.170. The molecule has 0 amide bonds. The fraction of sp³-hybridized carbons (Fsp3) is 0. The predicted octanol–water partition coefficient (Wildman–Crippen LogP) is 10.6. The molecule has 4 heterocycles. The van der Waals surface area contributed by atoms with Crippen molar-refractivity contribution < 1.29 is 10.2 Å². The number of thiophene rings is 4. The molecule has 6 rings (SSSR count). The van der Waals surface area contributed by atoms with Gasteiger partial charge >= 0.3 is 0 Å². The van der Waals surface area contributed by atoms with E-state index in [1.165, 1.54) is 56.2 Å². The minimum Gasteiger partial charge on any atom is -0.508 e. The lowest BCUT2D eigenvalue weighted by Crippen LogP contribution is -1.81. The first kappa shape index (κ1) is 23.0. The highest BCUT2D eigenvalue weighted by atomic mass is 127. The Kier molecular flexibility index (Phi) is 6.16. The van der Waals surface area contributed by atoms with E-state index in [4.69, 9.17) is 0 Å². The summed E-state index contributed by atoms with van der Waals surface area (Å²) in [5, 5.41) is 19.6. The van der Waals surface area contributed by atoms with Crippen molar-refractivity contribution in [1.29, 1.82) is 0 Å². The van der Waals surface area contributed by atoms with Crippen molar-refractivity contribution >= 4 is 164 Å². The fourth-order valence-electron chi connectivity index (χ4n) is 3.59. The molecule has 2 aromatic carbocycles. The zero-order valence-corrected chi connectivity index (χ0v) is 27.4. The van der Waals surface area contributed by atoms with Crippen LogP contribution in [-0.4, -0.2) is 10.2 Å². The number of halogens is 4. The summed E-state index contributed by atoms with van der Waals surface area (Å²) in [6, 6.07) is 11.2. The number of rotatable bonds is 2. The van der Waals surface area contributed by atoms with Gasteiger partial charge in [-0.1, -0.05) is 0 Å². The number of aromatic hydroxyl groups is 2. The highest BCUT2D eigenvalue weighted by Gasteiger charge is 2.24. The molecule has 160 valence electrons. The molecular formula is C22H8I4O2S4. The summed E-state index contributed by atoms with van der Waals surface area (Å²) < 4.78 is 13.0. The summed E-state index contributed by atoms with van der Waals surface area (Å²) >= 11 is 17.1. The standard InChI is InChI=1S/C22H8I4O2S4/c23-11-5-7(27)1-3-9(11)15-13(25)17-19(29-15)21-22(31-17)20-18(32-21)14(26)16(30-20)10-4-2-8(28)6-12(10)24/h1-6,27-28H. The van der Waals surface area contributed by atoms with Gasteiger partial charge in [0.2, 0.25) is 0 Å². The minimum atomic E-state index is 0.307. The van der Waals surface area contributed by atoms with Crippen LogP contribution in [0.5, 0.6) is 11.5 Å². The molecule has 0 saturated heterocycles. The van der Waals surface area contributed by atoms with Crippen LogP contribution in [0, 0.1) is 14.3 Å². The molecule has 0 unspecified atom stereocenters. The average Bonchev–Trinajstić information content (AvgIpc) is 3.43. The second-order valence-electron chi connectivity index (χ2n) is 7.00. The molecule has 0 bridgehead atoms. The van der Waals surface area contributed by atoms with Crippen LogP contribution in [0.4, 0.5) is 0 Å². The molecule has 0 aliphatic heterocycles. The largest absolute Gasteiger partial charge is 0.508 e. The summed E-state index contributed by atoms with van der Waals surface area (Å²) in [6.07, 6.45) is 0. The van der Waals surface area contributed by atoms with Crippen LogP contribution >= 0.6 is 136 Å². The molecule has 2 N–H and O–H groups in total. The van der Waals surface area contributed by atoms with Gasteiger partial charge in [0.1, 0.15) is 11.5 Å². The number of benzene rings is 2. The topological polar surface area (TPSA) is 40.5 Å². The molecule has 0 fully saturated rings. The highest BCUT2D eigenvalue weighted by Crippen LogP contribution is 2.55. The van der Waals surface area contributed by atoms with Crippen molar-refractivity contribution in [2.45, 2.75) is 0 Å². The Morgan fingerprint density at radius 2 is 0.875 bits per heavy atom. The van der Waals surface area contributed by atoms with Gasteiger partial charge < -0.3 is 10.2 Å². The average molecular weight is 940 g/mol. The first-order valence-corrected chi connectivity index (χ1v) is 16.6. The Bertz CT molecular complexity index is 1580. The van der Waals surface area contributed by atoms with Crippen LogP contribution in [0.3, 0.4) is 0 Å². The van der Waals surface area contributed by atoms with Gasteiger partial charge in [-0.15, -0.1) is 45.3 Å². The van der Waals surface area contributed by atoms with E-state index < -0.39 is 0 Å². The van der Waals surface area contributed by atoms with Crippen molar-refractivity contribution in [3.63, 3.8) is 0 Å². The number of fused-ring (bicyclic) bond motifs is 5. The monoisotopic (exact) mass is 940 g/mol. The van der Waals surface area contributed by atoms with Crippen LogP contribution in [0.15, 0.2) is 36.4 Å². The maximum atomic E-state index is 9.80. The lowest BCUT2D eigenvalue weighted by atomic mass is 10.2. The smallest absolute Gasteiger partial charge is 0.116 e. The van der Waals surface area contributed by atoms with E-state index in [0.29, 0.717) is 11.5 Å². The lowest BCUT2D eigenvalue weighted by Gasteiger charge is -2.03. The van der Waals surface area contributed by atoms with Crippen LogP contribution in [-0.2, 0) is 0 Å². The van der Waals surface area contributed by atoms with E-state index >= 15 is 0 Å². The number of phenols is 2. The van der Waals surface area contributed by atoms with Crippen molar-refractivity contribution in [2.24, 2.45) is 0 Å². The number of hydrogen-bond acceptors (Lipinski definition) is 6. The first-order valence-electron chi connectivity index (χ1n) is 9.06. The van der Waals surface area contributed by atoms with E-state index in [0.717, 1.165) is 7.14 Å². The zero-order chi connectivity index (χ0) is 22.3. The van der Waals surface area contributed by atoms with Crippen molar-refractivity contribution in [3.8, 4) is 32.4 Å². The van der Waals surface area contributed by atoms with E-state index in [2.05, 4.69) is 90.4 Å². The molecular weight excluding hydrogens is 932 g/mol. The minimum absolute atomic E-state index is 0.307. The maximum Gasteiger partial charge on any atom is 0.116 e. The Hall–Kier alpha value is 0.540. The van der Waals surface area contributed by atoms with Crippen LogP contribution < -0.4 is 0 Å². The third-order valence-corrected chi connectivity index (χ3v) is 16.0.